The van der Waals surface area contributed by atoms with E-state index in [0.717, 1.165) is 10.6 Å². The molecule has 3 nitrogen and oxygen atoms in total. The number of likely N-dealkylation sites (N-methyl/N-ethyl adjacent to an activating group) is 1. The summed E-state index contributed by atoms with van der Waals surface area (Å²) in [5.74, 6) is 0.214. The summed E-state index contributed by atoms with van der Waals surface area (Å²) in [5, 5.41) is 10.3. The van der Waals surface area contributed by atoms with Crippen molar-refractivity contribution in [3.63, 3.8) is 0 Å². The lowest BCUT2D eigenvalue weighted by Crippen LogP contribution is -2.49. The van der Waals surface area contributed by atoms with Gasteiger partial charge in [-0.2, -0.15) is 0 Å². The van der Waals surface area contributed by atoms with E-state index in [1.807, 2.05) is 50.2 Å². The summed E-state index contributed by atoms with van der Waals surface area (Å²) >= 11 is 1.54. The first-order chi connectivity index (χ1) is 10.5. The average molecular weight is 313 g/mol. The molecule has 114 valence electrons. The van der Waals surface area contributed by atoms with Gasteiger partial charge in [0.1, 0.15) is 10.5 Å². The van der Waals surface area contributed by atoms with E-state index in [9.17, 15) is 9.90 Å². The van der Waals surface area contributed by atoms with Gasteiger partial charge in [-0.25, -0.2) is 0 Å². The molecule has 1 atom stereocenters. The molecule has 1 N–H and O–H groups in total. The maximum Gasteiger partial charge on any atom is 0.248 e. The lowest BCUT2D eigenvalue weighted by atomic mass is 9.85. The lowest BCUT2D eigenvalue weighted by molar-refractivity contribution is -0.122. The van der Waals surface area contributed by atoms with Gasteiger partial charge >= 0.3 is 0 Å². The molecular weight excluding hydrogens is 294 g/mol. The number of benzene rings is 2. The van der Waals surface area contributed by atoms with Gasteiger partial charge in [-0.3, -0.25) is 4.79 Å². The zero-order valence-electron chi connectivity index (χ0n) is 12.9. The molecule has 0 aliphatic carbocycles. The Morgan fingerprint density at radius 3 is 2.41 bits per heavy atom. The molecule has 22 heavy (non-hydrogen) atoms. The number of fused-ring (bicyclic) bond motifs is 1. The minimum absolute atomic E-state index is 0.00713. The predicted molar refractivity (Wildman–Crippen MR) is 90.3 cm³/mol. The third kappa shape index (κ3) is 2.02. The summed E-state index contributed by atoms with van der Waals surface area (Å²) in [6.45, 7) is 4.05. The average Bonchev–Trinajstić information content (AvgIpc) is 2.51. The monoisotopic (exact) mass is 313 g/mol. The molecule has 1 aliphatic rings. The number of nitrogens with zero attached hydrogens (tertiary/aromatic N) is 1. The lowest BCUT2D eigenvalue weighted by Gasteiger charge is -2.43. The van der Waals surface area contributed by atoms with Crippen molar-refractivity contribution in [3.8, 4) is 5.75 Å². The maximum absolute atomic E-state index is 13.2. The number of carbonyl (C=O) groups is 1. The minimum Gasteiger partial charge on any atom is -0.508 e. The molecular formula is C18H19NO2S. The van der Waals surface area contributed by atoms with E-state index in [0.29, 0.717) is 5.56 Å². The van der Waals surface area contributed by atoms with Gasteiger partial charge in [0.15, 0.2) is 0 Å². The second kappa shape index (κ2) is 5.36. The number of hydrogen-bond acceptors (Lipinski definition) is 3. The first-order valence-electron chi connectivity index (χ1n) is 7.33. The summed E-state index contributed by atoms with van der Waals surface area (Å²) in [6, 6.07) is 15.0. The van der Waals surface area contributed by atoms with Gasteiger partial charge in [0.05, 0.1) is 5.69 Å². The smallest absolute Gasteiger partial charge is 0.248 e. The van der Waals surface area contributed by atoms with Crippen LogP contribution in [0.3, 0.4) is 0 Å². The largest absolute Gasteiger partial charge is 0.508 e. The Morgan fingerprint density at radius 1 is 1.09 bits per heavy atom. The van der Waals surface area contributed by atoms with Crippen LogP contribution in [0.25, 0.3) is 0 Å². The maximum atomic E-state index is 13.2. The van der Waals surface area contributed by atoms with Crippen molar-refractivity contribution < 1.29 is 9.90 Å². The van der Waals surface area contributed by atoms with Crippen LogP contribution in [0.1, 0.15) is 19.4 Å². The van der Waals surface area contributed by atoms with Crippen molar-refractivity contribution in [3.05, 3.63) is 54.1 Å². The van der Waals surface area contributed by atoms with Gasteiger partial charge in [-0.05, 0) is 24.1 Å². The van der Waals surface area contributed by atoms with Crippen LogP contribution in [0.2, 0.25) is 0 Å². The van der Waals surface area contributed by atoms with Crippen LogP contribution in [0.4, 0.5) is 5.69 Å². The van der Waals surface area contributed by atoms with Crippen LogP contribution in [-0.4, -0.2) is 18.1 Å². The quantitative estimate of drug-likeness (QED) is 0.910. The number of carbonyl (C=O) groups excluding carboxylic acids is 1. The number of para-hydroxylation sites is 2. The molecule has 1 amide bonds. The molecule has 2 aromatic rings. The van der Waals surface area contributed by atoms with Gasteiger partial charge in [0, 0.05) is 17.5 Å². The summed E-state index contributed by atoms with van der Waals surface area (Å²) in [5.41, 5.74) is 1.60. The highest BCUT2D eigenvalue weighted by Crippen LogP contribution is 2.55. The van der Waals surface area contributed by atoms with Gasteiger partial charge < -0.3 is 10.0 Å². The van der Waals surface area contributed by atoms with Crippen LogP contribution in [0, 0.1) is 5.92 Å². The molecule has 1 aliphatic heterocycles. The van der Waals surface area contributed by atoms with Crippen molar-refractivity contribution in [2.75, 3.05) is 11.9 Å². The van der Waals surface area contributed by atoms with E-state index >= 15 is 0 Å². The Kier molecular flexibility index (Phi) is 3.65. The fourth-order valence-electron chi connectivity index (χ4n) is 3.03. The van der Waals surface area contributed by atoms with E-state index in [1.165, 1.54) is 0 Å². The van der Waals surface area contributed by atoms with Crippen molar-refractivity contribution in [2.45, 2.75) is 23.5 Å². The first kappa shape index (κ1) is 15.0. The molecule has 0 bridgehead atoms. The molecule has 0 spiro atoms. The van der Waals surface area contributed by atoms with Crippen molar-refractivity contribution in [2.24, 2.45) is 5.92 Å². The Bertz CT molecular complexity index is 729. The Morgan fingerprint density at radius 2 is 1.73 bits per heavy atom. The molecule has 0 saturated heterocycles. The molecule has 0 unspecified atom stereocenters. The molecule has 0 saturated carbocycles. The van der Waals surface area contributed by atoms with E-state index in [4.69, 9.17) is 0 Å². The molecule has 2 aromatic carbocycles. The normalized spacial score (nSPS) is 21.1. The minimum atomic E-state index is -0.811. The van der Waals surface area contributed by atoms with Gasteiger partial charge in [0.25, 0.3) is 0 Å². The highest BCUT2D eigenvalue weighted by molar-refractivity contribution is 8.01. The van der Waals surface area contributed by atoms with Gasteiger partial charge in [-0.15, -0.1) is 11.8 Å². The van der Waals surface area contributed by atoms with Crippen molar-refractivity contribution >= 4 is 23.4 Å². The molecule has 3 rings (SSSR count). The number of phenols is 1. The summed E-state index contributed by atoms with van der Waals surface area (Å²) in [7, 11) is 1.80. The number of thioether (sulfide) groups is 1. The fraction of sp³-hybridized carbons (Fsp3) is 0.278. The highest BCUT2D eigenvalue weighted by atomic mass is 32.2. The summed E-state index contributed by atoms with van der Waals surface area (Å²) in [6.07, 6.45) is 0. The van der Waals surface area contributed by atoms with Crippen LogP contribution >= 0.6 is 11.8 Å². The van der Waals surface area contributed by atoms with E-state index in [-0.39, 0.29) is 17.6 Å². The number of hydrogen-bond donors (Lipinski definition) is 1. The van der Waals surface area contributed by atoms with E-state index in [1.54, 1.807) is 35.8 Å². The zero-order chi connectivity index (χ0) is 15.9. The highest BCUT2D eigenvalue weighted by Gasteiger charge is 2.50. The van der Waals surface area contributed by atoms with Crippen LogP contribution < -0.4 is 4.90 Å². The topological polar surface area (TPSA) is 40.5 Å². The Hall–Kier alpha value is -1.94. The second-order valence-corrected chi connectivity index (χ2v) is 7.13. The SMILES string of the molecule is CC(C)[C@]1(c2ccccc2O)Sc2ccccc2N(C)C1=O. The van der Waals surface area contributed by atoms with Crippen molar-refractivity contribution in [1.29, 1.82) is 0 Å². The number of amides is 1. The van der Waals surface area contributed by atoms with Gasteiger partial charge in [0.2, 0.25) is 5.91 Å². The molecule has 0 aromatic heterocycles. The third-order valence-corrected chi connectivity index (χ3v) is 5.99. The molecule has 0 fully saturated rings. The van der Waals surface area contributed by atoms with E-state index < -0.39 is 4.75 Å². The summed E-state index contributed by atoms with van der Waals surface area (Å²) < 4.78 is -0.811. The Labute approximate surface area is 135 Å². The van der Waals surface area contributed by atoms with Crippen LogP contribution in [0.15, 0.2) is 53.4 Å². The number of anilines is 1. The predicted octanol–water partition coefficient (Wildman–Crippen LogP) is 4.01. The van der Waals surface area contributed by atoms with E-state index in [2.05, 4.69) is 0 Å². The van der Waals surface area contributed by atoms with Crippen LogP contribution in [-0.2, 0) is 9.54 Å². The number of rotatable bonds is 2. The van der Waals surface area contributed by atoms with Crippen LogP contribution in [0.5, 0.6) is 5.75 Å². The third-order valence-electron chi connectivity index (χ3n) is 4.24. The number of aromatic hydroxyl groups is 1. The summed E-state index contributed by atoms with van der Waals surface area (Å²) in [4.78, 5) is 16.0. The van der Waals surface area contributed by atoms with Crippen molar-refractivity contribution in [1.82, 2.24) is 0 Å². The zero-order valence-corrected chi connectivity index (χ0v) is 13.7. The molecule has 1 heterocycles. The van der Waals surface area contributed by atoms with Gasteiger partial charge in [-0.1, -0.05) is 44.2 Å². The second-order valence-electron chi connectivity index (χ2n) is 5.84. The molecule has 4 heteroatoms. The first-order valence-corrected chi connectivity index (χ1v) is 8.14. The fourth-order valence-corrected chi connectivity index (χ4v) is 4.58. The Balaban J connectivity index is 2.25. The standard InChI is InChI=1S/C18H19NO2S/c1-12(2)18(13-8-4-6-10-15(13)20)17(21)19(3)14-9-5-7-11-16(14)22-18/h4-12,20H,1-3H3/t18-/m1/s1. The number of phenolic OH excluding ortho intramolecular Hbond substituents is 1. The molecule has 0 radical (unpaired) electrons.